The number of anilines is 1. The monoisotopic (exact) mass is 262 g/mol. The van der Waals surface area contributed by atoms with Gasteiger partial charge < -0.3 is 15.8 Å². The quantitative estimate of drug-likeness (QED) is 0.797. The number of carbonyl (C=O) groups is 1. The summed E-state index contributed by atoms with van der Waals surface area (Å²) in [5.74, 6) is -0.258. The second-order valence-electron chi connectivity index (χ2n) is 3.02. The Labute approximate surface area is 104 Å². The van der Waals surface area contributed by atoms with Crippen LogP contribution in [0.2, 0.25) is 10.0 Å². The third kappa shape index (κ3) is 4.37. The zero-order valence-corrected chi connectivity index (χ0v) is 10.0. The van der Waals surface area contributed by atoms with E-state index in [1.165, 1.54) is 0 Å². The van der Waals surface area contributed by atoms with Crippen LogP contribution in [0, 0.1) is 0 Å². The normalized spacial score (nSPS) is 10.2. The highest BCUT2D eigenvalue weighted by Crippen LogP contribution is 2.24. The van der Waals surface area contributed by atoms with Crippen LogP contribution in [0.5, 0.6) is 0 Å². The SMILES string of the molecule is NCCOCC(=O)Nc1ccc(Cl)c(Cl)c1. The van der Waals surface area contributed by atoms with E-state index in [1.807, 2.05) is 0 Å². The Morgan fingerprint density at radius 3 is 2.75 bits per heavy atom. The van der Waals surface area contributed by atoms with E-state index in [2.05, 4.69) is 5.32 Å². The molecule has 0 saturated heterocycles. The lowest BCUT2D eigenvalue weighted by Gasteiger charge is -2.06. The van der Waals surface area contributed by atoms with Crippen molar-refractivity contribution in [2.45, 2.75) is 0 Å². The summed E-state index contributed by atoms with van der Waals surface area (Å²) >= 11 is 11.5. The molecule has 1 aromatic rings. The Morgan fingerprint density at radius 2 is 2.12 bits per heavy atom. The molecule has 0 aliphatic rings. The van der Waals surface area contributed by atoms with Gasteiger partial charge in [0.1, 0.15) is 6.61 Å². The van der Waals surface area contributed by atoms with Crippen LogP contribution in [0.15, 0.2) is 18.2 Å². The van der Waals surface area contributed by atoms with Gasteiger partial charge in [0.15, 0.2) is 0 Å². The molecule has 1 amide bonds. The molecule has 6 heteroatoms. The van der Waals surface area contributed by atoms with Crippen LogP contribution in [0.25, 0.3) is 0 Å². The first-order valence-electron chi connectivity index (χ1n) is 4.66. The van der Waals surface area contributed by atoms with Gasteiger partial charge in [-0.15, -0.1) is 0 Å². The Hall–Kier alpha value is -0.810. The Balaban J connectivity index is 2.46. The van der Waals surface area contributed by atoms with Gasteiger partial charge in [0.25, 0.3) is 0 Å². The summed E-state index contributed by atoms with van der Waals surface area (Å²) in [5, 5.41) is 3.46. The maximum absolute atomic E-state index is 11.3. The number of ether oxygens (including phenoxy) is 1. The number of nitrogens with one attached hydrogen (secondary N) is 1. The van der Waals surface area contributed by atoms with Crippen molar-refractivity contribution in [3.05, 3.63) is 28.2 Å². The molecule has 1 aromatic carbocycles. The van der Waals surface area contributed by atoms with Crippen molar-refractivity contribution in [3.8, 4) is 0 Å². The molecule has 0 unspecified atom stereocenters. The largest absolute Gasteiger partial charge is 0.370 e. The lowest BCUT2D eigenvalue weighted by molar-refractivity contribution is -0.120. The van der Waals surface area contributed by atoms with Crippen LogP contribution >= 0.6 is 23.2 Å². The highest BCUT2D eigenvalue weighted by molar-refractivity contribution is 6.42. The van der Waals surface area contributed by atoms with E-state index in [-0.39, 0.29) is 12.5 Å². The fourth-order valence-corrected chi connectivity index (χ4v) is 1.32. The molecule has 0 aromatic heterocycles. The van der Waals surface area contributed by atoms with Gasteiger partial charge >= 0.3 is 0 Å². The maximum atomic E-state index is 11.3. The Morgan fingerprint density at radius 1 is 1.38 bits per heavy atom. The minimum Gasteiger partial charge on any atom is -0.370 e. The molecule has 0 bridgehead atoms. The standard InChI is InChI=1S/C10H12Cl2N2O2/c11-8-2-1-7(5-9(8)12)14-10(15)6-16-4-3-13/h1-2,5H,3-4,6,13H2,(H,14,15). The summed E-state index contributed by atoms with van der Waals surface area (Å²) in [6.45, 7) is 0.715. The lowest BCUT2D eigenvalue weighted by atomic mass is 10.3. The Kier molecular flexibility index (Phi) is 5.55. The van der Waals surface area contributed by atoms with Crippen molar-refractivity contribution >= 4 is 34.8 Å². The fourth-order valence-electron chi connectivity index (χ4n) is 1.02. The average molecular weight is 263 g/mol. The molecule has 0 saturated carbocycles. The van der Waals surface area contributed by atoms with Crippen molar-refractivity contribution in [1.82, 2.24) is 0 Å². The van der Waals surface area contributed by atoms with Crippen molar-refractivity contribution in [1.29, 1.82) is 0 Å². The number of amides is 1. The summed E-state index contributed by atoms with van der Waals surface area (Å²) < 4.78 is 4.97. The number of carbonyl (C=O) groups excluding carboxylic acids is 1. The van der Waals surface area contributed by atoms with Crippen molar-refractivity contribution in [3.63, 3.8) is 0 Å². The smallest absolute Gasteiger partial charge is 0.250 e. The molecular weight excluding hydrogens is 251 g/mol. The zero-order chi connectivity index (χ0) is 12.0. The highest BCUT2D eigenvalue weighted by atomic mass is 35.5. The van der Waals surface area contributed by atoms with Crippen LogP contribution in [0.4, 0.5) is 5.69 Å². The molecule has 16 heavy (non-hydrogen) atoms. The Bertz CT molecular complexity index is 372. The number of hydrogen-bond acceptors (Lipinski definition) is 3. The molecule has 0 spiro atoms. The topological polar surface area (TPSA) is 64.3 Å². The van der Waals surface area contributed by atoms with Gasteiger partial charge in [-0.3, -0.25) is 4.79 Å². The van der Waals surface area contributed by atoms with E-state index in [0.717, 1.165) is 0 Å². The molecule has 1 rings (SSSR count). The molecule has 0 atom stereocenters. The molecule has 0 radical (unpaired) electrons. The number of nitrogens with two attached hydrogens (primary N) is 1. The molecule has 4 nitrogen and oxygen atoms in total. The van der Waals surface area contributed by atoms with E-state index >= 15 is 0 Å². The summed E-state index contributed by atoms with van der Waals surface area (Å²) in [4.78, 5) is 11.3. The van der Waals surface area contributed by atoms with Crippen LogP contribution < -0.4 is 11.1 Å². The van der Waals surface area contributed by atoms with Gasteiger partial charge in [-0.2, -0.15) is 0 Å². The second-order valence-corrected chi connectivity index (χ2v) is 3.83. The van der Waals surface area contributed by atoms with Crippen LogP contribution in [0.3, 0.4) is 0 Å². The van der Waals surface area contributed by atoms with E-state index in [4.69, 9.17) is 33.7 Å². The molecule has 0 heterocycles. The number of benzene rings is 1. The molecule has 0 aliphatic carbocycles. The highest BCUT2D eigenvalue weighted by Gasteiger charge is 2.04. The second kappa shape index (κ2) is 6.70. The van der Waals surface area contributed by atoms with Crippen molar-refractivity contribution in [2.75, 3.05) is 25.1 Å². The number of hydrogen-bond donors (Lipinski definition) is 2. The molecular formula is C10H12Cl2N2O2. The minimum absolute atomic E-state index is 0.0303. The number of halogens is 2. The molecule has 3 N–H and O–H groups in total. The first kappa shape index (κ1) is 13.3. The number of rotatable bonds is 5. The molecule has 88 valence electrons. The third-order valence-electron chi connectivity index (χ3n) is 1.70. The summed E-state index contributed by atoms with van der Waals surface area (Å²) in [5.41, 5.74) is 5.79. The minimum atomic E-state index is -0.258. The van der Waals surface area contributed by atoms with Crippen LogP contribution in [-0.2, 0) is 9.53 Å². The van der Waals surface area contributed by atoms with E-state index in [1.54, 1.807) is 18.2 Å². The van der Waals surface area contributed by atoms with Gasteiger partial charge in [-0.1, -0.05) is 23.2 Å². The summed E-state index contributed by atoms with van der Waals surface area (Å²) in [6, 6.07) is 4.85. The van der Waals surface area contributed by atoms with Crippen LogP contribution in [0.1, 0.15) is 0 Å². The first-order valence-corrected chi connectivity index (χ1v) is 5.42. The molecule has 0 aliphatic heterocycles. The van der Waals surface area contributed by atoms with Gasteiger partial charge in [0, 0.05) is 12.2 Å². The van der Waals surface area contributed by atoms with Crippen molar-refractivity contribution < 1.29 is 9.53 Å². The summed E-state index contributed by atoms with van der Waals surface area (Å²) in [6.07, 6.45) is 0. The maximum Gasteiger partial charge on any atom is 0.250 e. The first-order chi connectivity index (χ1) is 7.63. The van der Waals surface area contributed by atoms with Gasteiger partial charge in [-0.25, -0.2) is 0 Å². The predicted octanol–water partition coefficient (Wildman–Crippen LogP) is 1.91. The predicted molar refractivity (Wildman–Crippen MR) is 65.0 cm³/mol. The molecule has 0 fully saturated rings. The summed E-state index contributed by atoms with van der Waals surface area (Å²) in [7, 11) is 0. The van der Waals surface area contributed by atoms with Gasteiger partial charge in [-0.05, 0) is 18.2 Å². The fraction of sp³-hybridized carbons (Fsp3) is 0.300. The van der Waals surface area contributed by atoms with E-state index in [0.29, 0.717) is 28.9 Å². The lowest BCUT2D eigenvalue weighted by Crippen LogP contribution is -2.20. The average Bonchev–Trinajstić information content (AvgIpc) is 2.24. The van der Waals surface area contributed by atoms with Gasteiger partial charge in [0.2, 0.25) is 5.91 Å². The zero-order valence-electron chi connectivity index (χ0n) is 8.50. The van der Waals surface area contributed by atoms with Gasteiger partial charge in [0.05, 0.1) is 16.7 Å². The van der Waals surface area contributed by atoms with Crippen LogP contribution in [-0.4, -0.2) is 25.7 Å². The third-order valence-corrected chi connectivity index (χ3v) is 2.44. The van der Waals surface area contributed by atoms with E-state index < -0.39 is 0 Å². The van der Waals surface area contributed by atoms with E-state index in [9.17, 15) is 4.79 Å². The van der Waals surface area contributed by atoms with Crippen molar-refractivity contribution in [2.24, 2.45) is 5.73 Å².